The van der Waals surface area contributed by atoms with Crippen molar-refractivity contribution in [1.82, 2.24) is 0 Å². The molecule has 136 valence electrons. The third-order valence-corrected chi connectivity index (χ3v) is 3.75. The van der Waals surface area contributed by atoms with Crippen LogP contribution in [0.4, 0.5) is 30.7 Å². The molecule has 1 fully saturated rings. The molecule has 0 aromatic rings. The van der Waals surface area contributed by atoms with Gasteiger partial charge in [0.25, 0.3) is 0 Å². The van der Waals surface area contributed by atoms with Gasteiger partial charge in [0.05, 0.1) is 0 Å². The van der Waals surface area contributed by atoms with E-state index in [0.29, 0.717) is 32.6 Å². The zero-order valence-electron chi connectivity index (χ0n) is 12.2. The highest BCUT2D eigenvalue weighted by Gasteiger charge is 2.74. The highest BCUT2D eigenvalue weighted by Crippen LogP contribution is 2.50. The van der Waals surface area contributed by atoms with Crippen molar-refractivity contribution < 1.29 is 45.4 Å². The number of halogens is 7. The molecule has 0 aromatic heterocycles. The van der Waals surface area contributed by atoms with E-state index in [2.05, 4.69) is 0 Å². The number of alkyl halides is 7. The Labute approximate surface area is 127 Å². The smallest absolute Gasteiger partial charge is 0.431 e. The molecule has 1 atom stereocenters. The largest absolute Gasteiger partial charge is 0.460 e. The predicted octanol–water partition coefficient (Wildman–Crippen LogP) is 3.84. The maximum Gasteiger partial charge on any atom is 0.431 e. The van der Waals surface area contributed by atoms with E-state index < -0.39 is 42.1 Å². The second kappa shape index (κ2) is 6.45. The van der Waals surface area contributed by atoms with Crippen LogP contribution in [-0.2, 0) is 9.53 Å². The van der Waals surface area contributed by atoms with Crippen molar-refractivity contribution in [2.45, 2.75) is 75.2 Å². The maximum atomic E-state index is 13.6. The molecule has 0 bridgehead atoms. The molecule has 0 saturated heterocycles. The van der Waals surface area contributed by atoms with Gasteiger partial charge in [-0.3, -0.25) is 0 Å². The molecule has 1 unspecified atom stereocenters. The van der Waals surface area contributed by atoms with Crippen LogP contribution in [-0.4, -0.2) is 40.8 Å². The average molecular weight is 354 g/mol. The van der Waals surface area contributed by atoms with Gasteiger partial charge in [0.2, 0.25) is 0 Å². The fourth-order valence-corrected chi connectivity index (χ4v) is 2.37. The molecule has 0 heterocycles. The quantitative estimate of drug-likeness (QED) is 0.616. The first-order valence-corrected chi connectivity index (χ1v) is 6.96. The van der Waals surface area contributed by atoms with Crippen LogP contribution in [0.25, 0.3) is 0 Å². The number of carbonyl (C=O) groups excluding carboxylic acids is 1. The summed E-state index contributed by atoms with van der Waals surface area (Å²) >= 11 is 0. The summed E-state index contributed by atoms with van der Waals surface area (Å²) in [5.41, 5.74) is -8.98. The molecule has 3 nitrogen and oxygen atoms in total. The Bertz CT molecular complexity index is 408. The van der Waals surface area contributed by atoms with Crippen LogP contribution in [0.2, 0.25) is 0 Å². The SMILES string of the molecule is CC(O)(CC(F)(C(F)(F)F)C(F)(F)F)C(=O)OC1CCCCC1. The summed E-state index contributed by atoms with van der Waals surface area (Å²) in [6.45, 7) is 0.379. The second-order valence-corrected chi connectivity index (χ2v) is 5.91. The lowest BCUT2D eigenvalue weighted by Gasteiger charge is -2.35. The lowest BCUT2D eigenvalue weighted by Crippen LogP contribution is -2.58. The van der Waals surface area contributed by atoms with Crippen molar-refractivity contribution in [2.75, 3.05) is 0 Å². The highest BCUT2D eigenvalue weighted by atomic mass is 19.4. The summed E-state index contributed by atoms with van der Waals surface area (Å²) in [4.78, 5) is 11.7. The van der Waals surface area contributed by atoms with E-state index in [1.807, 2.05) is 0 Å². The normalized spacial score (nSPS) is 20.9. The lowest BCUT2D eigenvalue weighted by atomic mass is 9.88. The summed E-state index contributed by atoms with van der Waals surface area (Å²) in [5, 5.41) is 9.66. The van der Waals surface area contributed by atoms with E-state index in [4.69, 9.17) is 4.74 Å². The molecule has 1 saturated carbocycles. The van der Waals surface area contributed by atoms with Crippen molar-refractivity contribution in [1.29, 1.82) is 0 Å². The molecule has 1 aliphatic rings. The minimum Gasteiger partial charge on any atom is -0.460 e. The van der Waals surface area contributed by atoms with Gasteiger partial charge in [-0.05, 0) is 32.6 Å². The Hall–Kier alpha value is -1.06. The molecule has 1 aliphatic carbocycles. The molecular formula is C13H17F7O3. The zero-order valence-corrected chi connectivity index (χ0v) is 12.2. The van der Waals surface area contributed by atoms with Gasteiger partial charge in [-0.2, -0.15) is 26.3 Å². The first kappa shape index (κ1) is 20.0. The molecule has 0 radical (unpaired) electrons. The van der Waals surface area contributed by atoms with Gasteiger partial charge in [-0.1, -0.05) is 6.42 Å². The van der Waals surface area contributed by atoms with Gasteiger partial charge in [0.15, 0.2) is 5.60 Å². The minimum atomic E-state index is -6.33. The van der Waals surface area contributed by atoms with Crippen LogP contribution in [0, 0.1) is 0 Å². The minimum absolute atomic E-state index is 0.379. The van der Waals surface area contributed by atoms with E-state index >= 15 is 0 Å². The van der Waals surface area contributed by atoms with E-state index in [0.717, 1.165) is 6.42 Å². The Morgan fingerprint density at radius 3 is 1.83 bits per heavy atom. The predicted molar refractivity (Wildman–Crippen MR) is 64.2 cm³/mol. The van der Waals surface area contributed by atoms with Crippen molar-refractivity contribution >= 4 is 5.97 Å². The van der Waals surface area contributed by atoms with Crippen LogP contribution in [0.15, 0.2) is 0 Å². The van der Waals surface area contributed by atoms with Crippen LogP contribution >= 0.6 is 0 Å². The molecule has 0 aromatic carbocycles. The molecule has 0 spiro atoms. The van der Waals surface area contributed by atoms with Gasteiger partial charge in [-0.25, -0.2) is 9.18 Å². The van der Waals surface area contributed by atoms with Crippen molar-refractivity contribution in [3.8, 4) is 0 Å². The fourth-order valence-electron chi connectivity index (χ4n) is 2.37. The van der Waals surface area contributed by atoms with Gasteiger partial charge in [-0.15, -0.1) is 0 Å². The van der Waals surface area contributed by atoms with Crippen LogP contribution in [0.5, 0.6) is 0 Å². The summed E-state index contributed by atoms with van der Waals surface area (Å²) < 4.78 is 93.3. The standard InChI is InChI=1S/C13H17F7O3/c1-10(22,9(21)23-8-5-3-2-4-6-8)7-11(14,12(15,16)17)13(18,19)20/h8,22H,2-7H2,1H3. The first-order chi connectivity index (χ1) is 10.2. The average Bonchev–Trinajstić information content (AvgIpc) is 2.36. The van der Waals surface area contributed by atoms with Crippen molar-refractivity contribution in [3.63, 3.8) is 0 Å². The molecule has 1 rings (SSSR count). The van der Waals surface area contributed by atoms with E-state index in [-0.39, 0.29) is 0 Å². The summed E-state index contributed by atoms with van der Waals surface area (Å²) in [6, 6.07) is 0. The van der Waals surface area contributed by atoms with Crippen molar-refractivity contribution in [3.05, 3.63) is 0 Å². The summed E-state index contributed by atoms with van der Waals surface area (Å²) in [5.74, 6) is -1.69. The fraction of sp³-hybridized carbons (Fsp3) is 0.923. The number of hydrogen-bond acceptors (Lipinski definition) is 3. The van der Waals surface area contributed by atoms with Crippen LogP contribution in [0.3, 0.4) is 0 Å². The maximum absolute atomic E-state index is 13.6. The van der Waals surface area contributed by atoms with E-state index in [9.17, 15) is 40.6 Å². The summed E-state index contributed by atoms with van der Waals surface area (Å²) in [7, 11) is 0. The number of aliphatic hydroxyl groups is 1. The van der Waals surface area contributed by atoms with Gasteiger partial charge in [0, 0.05) is 6.42 Å². The number of carbonyl (C=O) groups is 1. The zero-order chi connectivity index (χ0) is 18.1. The summed E-state index contributed by atoms with van der Waals surface area (Å²) in [6.07, 6.45) is -12.9. The second-order valence-electron chi connectivity index (χ2n) is 5.91. The third-order valence-electron chi connectivity index (χ3n) is 3.75. The number of esters is 1. The first-order valence-electron chi connectivity index (χ1n) is 6.96. The highest BCUT2D eigenvalue weighted by molar-refractivity contribution is 5.79. The molecule has 0 amide bonds. The van der Waals surface area contributed by atoms with Gasteiger partial charge < -0.3 is 9.84 Å². The van der Waals surface area contributed by atoms with Crippen molar-refractivity contribution in [2.24, 2.45) is 0 Å². The van der Waals surface area contributed by atoms with E-state index in [1.165, 1.54) is 0 Å². The Morgan fingerprint density at radius 1 is 1.00 bits per heavy atom. The molecular weight excluding hydrogens is 337 g/mol. The molecule has 1 N–H and O–H groups in total. The Kier molecular flexibility index (Phi) is 5.60. The number of ether oxygens (including phenoxy) is 1. The Balaban J connectivity index is 2.90. The third kappa shape index (κ3) is 4.48. The molecule has 0 aliphatic heterocycles. The van der Waals surface area contributed by atoms with Crippen LogP contribution in [0.1, 0.15) is 45.4 Å². The molecule has 10 heteroatoms. The Morgan fingerprint density at radius 2 is 1.43 bits per heavy atom. The number of hydrogen-bond donors (Lipinski definition) is 1. The van der Waals surface area contributed by atoms with Gasteiger partial charge >= 0.3 is 24.0 Å². The van der Waals surface area contributed by atoms with Gasteiger partial charge in [0.1, 0.15) is 6.10 Å². The number of rotatable bonds is 4. The lowest BCUT2D eigenvalue weighted by molar-refractivity contribution is -0.350. The topological polar surface area (TPSA) is 46.5 Å². The monoisotopic (exact) mass is 354 g/mol. The van der Waals surface area contributed by atoms with E-state index in [1.54, 1.807) is 0 Å². The molecule has 23 heavy (non-hydrogen) atoms. The van der Waals surface area contributed by atoms with Crippen LogP contribution < -0.4 is 0 Å².